The van der Waals surface area contributed by atoms with Gasteiger partial charge in [0.1, 0.15) is 5.75 Å². The zero-order valence-corrected chi connectivity index (χ0v) is 16.8. The van der Waals surface area contributed by atoms with Gasteiger partial charge in [-0.1, -0.05) is 12.1 Å². The number of benzene rings is 2. The lowest BCUT2D eigenvalue weighted by atomic mass is 10.1. The van der Waals surface area contributed by atoms with Crippen LogP contribution in [0.2, 0.25) is 0 Å². The molecule has 0 aliphatic rings. The van der Waals surface area contributed by atoms with E-state index in [0.29, 0.717) is 18.0 Å². The van der Waals surface area contributed by atoms with Gasteiger partial charge in [-0.05, 0) is 49.6 Å². The normalized spacial score (nSPS) is 11.1. The van der Waals surface area contributed by atoms with E-state index >= 15 is 0 Å². The highest BCUT2D eigenvalue weighted by atomic mass is 16.5. The summed E-state index contributed by atoms with van der Waals surface area (Å²) in [6, 6.07) is 11.9. The maximum absolute atomic E-state index is 5.39. The van der Waals surface area contributed by atoms with Crippen molar-refractivity contribution in [2.75, 3.05) is 39.7 Å². The zero-order chi connectivity index (χ0) is 19.6. The summed E-state index contributed by atoms with van der Waals surface area (Å²) >= 11 is 0. The summed E-state index contributed by atoms with van der Waals surface area (Å²) in [7, 11) is 4.94. The predicted molar refractivity (Wildman–Crippen MR) is 111 cm³/mol. The number of hydrogen-bond acceptors (Lipinski definition) is 4. The number of ether oxygens (including phenoxy) is 3. The number of aliphatic imine (C=N–C) groups is 1. The van der Waals surface area contributed by atoms with Gasteiger partial charge >= 0.3 is 0 Å². The number of methoxy groups -OCH3 is 3. The molecule has 27 heavy (non-hydrogen) atoms. The summed E-state index contributed by atoms with van der Waals surface area (Å²) in [4.78, 5) is 4.66. The molecular weight excluding hydrogens is 342 g/mol. The fraction of sp³-hybridized carbons (Fsp3) is 0.381. The molecule has 2 N–H and O–H groups in total. The lowest BCUT2D eigenvalue weighted by Gasteiger charge is -2.14. The van der Waals surface area contributed by atoms with E-state index < -0.39 is 0 Å². The average Bonchev–Trinajstić information content (AvgIpc) is 2.69. The molecule has 0 heterocycles. The van der Waals surface area contributed by atoms with Crippen LogP contribution in [0.25, 0.3) is 0 Å². The van der Waals surface area contributed by atoms with E-state index in [1.165, 1.54) is 5.56 Å². The molecule has 2 aromatic carbocycles. The smallest absolute Gasteiger partial charge is 0.195 e. The number of anilines is 1. The van der Waals surface area contributed by atoms with Crippen molar-refractivity contribution in [3.8, 4) is 17.2 Å². The van der Waals surface area contributed by atoms with Crippen LogP contribution in [0.4, 0.5) is 5.69 Å². The van der Waals surface area contributed by atoms with E-state index in [-0.39, 0.29) is 0 Å². The van der Waals surface area contributed by atoms with Gasteiger partial charge in [-0.3, -0.25) is 4.99 Å². The number of rotatable bonds is 8. The highest BCUT2D eigenvalue weighted by molar-refractivity contribution is 5.93. The standard InChI is InChI=1S/C21H29N3O3/c1-6-22-21(24-17-9-10-18(25-3)20(14-17)27-5)23-12-11-16-8-7-15(2)19(13-16)26-4/h7-10,13-14H,6,11-12H2,1-5H3,(H2,22,23,24). The van der Waals surface area contributed by atoms with E-state index in [9.17, 15) is 0 Å². The van der Waals surface area contributed by atoms with Crippen LogP contribution >= 0.6 is 0 Å². The van der Waals surface area contributed by atoms with Gasteiger partial charge < -0.3 is 24.8 Å². The number of aryl methyl sites for hydroxylation is 1. The Morgan fingerprint density at radius 3 is 2.33 bits per heavy atom. The third-order valence-corrected chi connectivity index (χ3v) is 4.13. The van der Waals surface area contributed by atoms with E-state index in [0.717, 1.165) is 35.9 Å². The molecule has 6 heteroatoms. The van der Waals surface area contributed by atoms with Gasteiger partial charge in [-0.25, -0.2) is 0 Å². The zero-order valence-electron chi connectivity index (χ0n) is 16.8. The Balaban J connectivity index is 2.06. The largest absolute Gasteiger partial charge is 0.496 e. The third-order valence-electron chi connectivity index (χ3n) is 4.13. The average molecular weight is 371 g/mol. The molecule has 0 saturated carbocycles. The number of hydrogen-bond donors (Lipinski definition) is 2. The Hall–Kier alpha value is -2.89. The van der Waals surface area contributed by atoms with Crippen molar-refractivity contribution in [3.05, 3.63) is 47.5 Å². The van der Waals surface area contributed by atoms with Crippen molar-refractivity contribution in [3.63, 3.8) is 0 Å². The molecule has 0 amide bonds. The van der Waals surface area contributed by atoms with Gasteiger partial charge in [-0.15, -0.1) is 0 Å². The molecule has 0 unspecified atom stereocenters. The van der Waals surface area contributed by atoms with Crippen molar-refractivity contribution < 1.29 is 14.2 Å². The molecule has 0 fully saturated rings. The van der Waals surface area contributed by atoms with Gasteiger partial charge in [-0.2, -0.15) is 0 Å². The van der Waals surface area contributed by atoms with Crippen LogP contribution in [0.15, 0.2) is 41.4 Å². The maximum Gasteiger partial charge on any atom is 0.195 e. The number of guanidine groups is 1. The van der Waals surface area contributed by atoms with Gasteiger partial charge in [0.25, 0.3) is 0 Å². The molecule has 6 nitrogen and oxygen atoms in total. The molecule has 2 aromatic rings. The Morgan fingerprint density at radius 1 is 0.926 bits per heavy atom. The van der Waals surface area contributed by atoms with Crippen molar-refractivity contribution in [1.29, 1.82) is 0 Å². The van der Waals surface area contributed by atoms with Gasteiger partial charge in [0, 0.05) is 24.8 Å². The molecule has 0 radical (unpaired) electrons. The Kier molecular flexibility index (Phi) is 7.79. The van der Waals surface area contributed by atoms with Gasteiger partial charge in [0.05, 0.1) is 21.3 Å². The lowest BCUT2D eigenvalue weighted by molar-refractivity contribution is 0.355. The van der Waals surface area contributed by atoms with Crippen molar-refractivity contribution >= 4 is 11.6 Å². The summed E-state index contributed by atoms with van der Waals surface area (Å²) in [6.45, 7) is 5.51. The van der Waals surface area contributed by atoms with Crippen molar-refractivity contribution in [1.82, 2.24) is 5.32 Å². The third kappa shape index (κ3) is 5.81. The maximum atomic E-state index is 5.39. The fourth-order valence-corrected chi connectivity index (χ4v) is 2.67. The lowest BCUT2D eigenvalue weighted by Crippen LogP contribution is -2.30. The summed E-state index contributed by atoms with van der Waals surface area (Å²) in [6.07, 6.45) is 0.832. The summed E-state index contributed by atoms with van der Waals surface area (Å²) in [5, 5.41) is 6.56. The second kappa shape index (κ2) is 10.3. The molecule has 0 bridgehead atoms. The Morgan fingerprint density at radius 2 is 1.67 bits per heavy atom. The summed E-state index contributed by atoms with van der Waals surface area (Å²) < 4.78 is 16.0. The van der Waals surface area contributed by atoms with Crippen LogP contribution in [0.3, 0.4) is 0 Å². The van der Waals surface area contributed by atoms with Crippen LogP contribution in [-0.4, -0.2) is 40.4 Å². The summed E-state index contributed by atoms with van der Waals surface area (Å²) in [5.74, 6) is 3.00. The van der Waals surface area contributed by atoms with E-state index in [1.54, 1.807) is 21.3 Å². The molecule has 0 atom stereocenters. The molecule has 0 aromatic heterocycles. The molecule has 0 aliphatic heterocycles. The Labute approximate surface area is 161 Å². The molecule has 146 valence electrons. The van der Waals surface area contributed by atoms with E-state index in [1.807, 2.05) is 32.0 Å². The molecule has 0 aliphatic carbocycles. The van der Waals surface area contributed by atoms with Crippen molar-refractivity contribution in [2.24, 2.45) is 4.99 Å². The second-order valence-corrected chi connectivity index (χ2v) is 6.01. The predicted octanol–water partition coefficient (Wildman–Crippen LogP) is 3.64. The molecule has 0 saturated heterocycles. The highest BCUT2D eigenvalue weighted by Gasteiger charge is 2.06. The number of nitrogens with one attached hydrogen (secondary N) is 2. The first-order valence-corrected chi connectivity index (χ1v) is 9.02. The minimum atomic E-state index is 0.662. The minimum absolute atomic E-state index is 0.662. The highest BCUT2D eigenvalue weighted by Crippen LogP contribution is 2.29. The first-order valence-electron chi connectivity index (χ1n) is 9.02. The van der Waals surface area contributed by atoms with Crippen LogP contribution in [0, 0.1) is 6.92 Å². The van der Waals surface area contributed by atoms with E-state index in [2.05, 4.69) is 33.8 Å². The number of nitrogens with zero attached hydrogens (tertiary/aromatic N) is 1. The molecule has 2 rings (SSSR count). The quantitative estimate of drug-likeness (QED) is 0.548. The monoisotopic (exact) mass is 371 g/mol. The van der Waals surface area contributed by atoms with Gasteiger partial charge in [0.15, 0.2) is 17.5 Å². The van der Waals surface area contributed by atoms with Crippen LogP contribution in [0.1, 0.15) is 18.1 Å². The topological polar surface area (TPSA) is 64.1 Å². The van der Waals surface area contributed by atoms with E-state index in [4.69, 9.17) is 14.2 Å². The van der Waals surface area contributed by atoms with Crippen LogP contribution in [-0.2, 0) is 6.42 Å². The van der Waals surface area contributed by atoms with Crippen LogP contribution < -0.4 is 24.8 Å². The SMILES string of the molecule is CCNC(=NCCc1ccc(C)c(OC)c1)Nc1ccc(OC)c(OC)c1. The summed E-state index contributed by atoms with van der Waals surface area (Å²) in [5.41, 5.74) is 3.21. The second-order valence-electron chi connectivity index (χ2n) is 6.01. The Bertz CT molecular complexity index is 775. The first kappa shape index (κ1) is 20.4. The minimum Gasteiger partial charge on any atom is -0.496 e. The first-order chi connectivity index (χ1) is 13.1. The molecular formula is C21H29N3O3. The van der Waals surface area contributed by atoms with Crippen molar-refractivity contribution in [2.45, 2.75) is 20.3 Å². The molecule has 0 spiro atoms. The fourth-order valence-electron chi connectivity index (χ4n) is 2.67. The van der Waals surface area contributed by atoms with Crippen LogP contribution in [0.5, 0.6) is 17.2 Å². The van der Waals surface area contributed by atoms with Gasteiger partial charge in [0.2, 0.25) is 0 Å².